The van der Waals surface area contributed by atoms with Crippen molar-refractivity contribution in [2.45, 2.75) is 64.4 Å². The summed E-state index contributed by atoms with van der Waals surface area (Å²) in [5.74, 6) is 0.676. The maximum Gasteiger partial charge on any atom is 0.138 e. The molecule has 1 N–H and O–H groups in total. The minimum atomic E-state index is -0.523. The Balaban J connectivity index is 2.43. The summed E-state index contributed by atoms with van der Waals surface area (Å²) in [6.45, 7) is 2.23. The van der Waals surface area contributed by atoms with Gasteiger partial charge in [0.25, 0.3) is 0 Å². The number of rotatable bonds is 10. The van der Waals surface area contributed by atoms with Gasteiger partial charge in [-0.25, -0.2) is 0 Å². The van der Waals surface area contributed by atoms with Crippen LogP contribution in [0.5, 0.6) is 5.75 Å². The van der Waals surface area contributed by atoms with E-state index in [0.717, 1.165) is 22.9 Å². The number of hydrogen-bond donors (Lipinski definition) is 1. The van der Waals surface area contributed by atoms with Crippen LogP contribution in [0.3, 0.4) is 0 Å². The number of methoxy groups -OCH3 is 1. The first-order valence-electron chi connectivity index (χ1n) is 7.81. The smallest absolute Gasteiger partial charge is 0.138 e. The van der Waals surface area contributed by atoms with Crippen molar-refractivity contribution in [1.82, 2.24) is 0 Å². The first kappa shape index (κ1) is 18.8. The Morgan fingerprint density at radius 2 is 1.76 bits per heavy atom. The van der Waals surface area contributed by atoms with Gasteiger partial charge in [0.1, 0.15) is 5.75 Å². The van der Waals surface area contributed by atoms with E-state index in [4.69, 9.17) is 16.3 Å². The van der Waals surface area contributed by atoms with Crippen LogP contribution >= 0.6 is 27.5 Å². The lowest BCUT2D eigenvalue weighted by Gasteiger charge is -2.16. The van der Waals surface area contributed by atoms with E-state index < -0.39 is 6.10 Å². The third kappa shape index (κ3) is 6.58. The zero-order chi connectivity index (χ0) is 15.7. The fourth-order valence-corrected chi connectivity index (χ4v) is 3.49. The molecule has 0 aliphatic rings. The van der Waals surface area contributed by atoms with Crippen molar-refractivity contribution in [3.05, 3.63) is 27.2 Å². The normalized spacial score (nSPS) is 12.4. The lowest BCUT2D eigenvalue weighted by atomic mass is 10.0. The SMILES string of the molecule is CCCCCCCCCC(O)c1cc(Cl)cc(Br)c1OC. The Morgan fingerprint density at radius 1 is 1.14 bits per heavy atom. The molecular formula is C17H26BrClO2. The first-order valence-corrected chi connectivity index (χ1v) is 8.98. The summed E-state index contributed by atoms with van der Waals surface area (Å²) in [5, 5.41) is 11.0. The van der Waals surface area contributed by atoms with Crippen molar-refractivity contribution in [3.63, 3.8) is 0 Å². The van der Waals surface area contributed by atoms with Gasteiger partial charge in [-0.1, -0.05) is 63.5 Å². The molecule has 0 bridgehead atoms. The molecule has 0 saturated heterocycles. The third-order valence-corrected chi connectivity index (χ3v) is 4.49. The Morgan fingerprint density at radius 3 is 2.38 bits per heavy atom. The zero-order valence-electron chi connectivity index (χ0n) is 13.0. The first-order chi connectivity index (χ1) is 10.1. The second-order valence-corrected chi connectivity index (χ2v) is 6.73. The van der Waals surface area contributed by atoms with Crippen molar-refractivity contribution < 1.29 is 9.84 Å². The number of ether oxygens (including phenoxy) is 1. The van der Waals surface area contributed by atoms with Crippen LogP contribution in [0.15, 0.2) is 16.6 Å². The molecule has 1 aromatic rings. The third-order valence-electron chi connectivity index (χ3n) is 3.68. The predicted octanol–water partition coefficient (Wildman–Crippen LogP) is 6.29. The lowest BCUT2D eigenvalue weighted by Crippen LogP contribution is -2.01. The Kier molecular flexibility index (Phi) is 9.37. The predicted molar refractivity (Wildman–Crippen MR) is 93.3 cm³/mol. The summed E-state index contributed by atoms with van der Waals surface area (Å²) in [6, 6.07) is 3.57. The van der Waals surface area contributed by atoms with Gasteiger partial charge in [-0.2, -0.15) is 0 Å². The molecule has 0 heterocycles. The molecule has 4 heteroatoms. The number of unbranched alkanes of at least 4 members (excludes halogenated alkanes) is 6. The molecule has 0 aromatic heterocycles. The van der Waals surface area contributed by atoms with E-state index in [1.165, 1.54) is 38.5 Å². The summed E-state index contributed by atoms with van der Waals surface area (Å²) in [5.41, 5.74) is 0.767. The number of benzene rings is 1. The van der Waals surface area contributed by atoms with Gasteiger partial charge >= 0.3 is 0 Å². The second-order valence-electron chi connectivity index (χ2n) is 5.44. The quantitative estimate of drug-likeness (QED) is 0.486. The highest BCUT2D eigenvalue weighted by atomic mass is 79.9. The molecule has 1 rings (SSSR count). The van der Waals surface area contributed by atoms with Crippen molar-refractivity contribution >= 4 is 27.5 Å². The van der Waals surface area contributed by atoms with Crippen LogP contribution in [0.25, 0.3) is 0 Å². The molecule has 0 aliphatic heterocycles. The molecule has 120 valence electrons. The minimum Gasteiger partial charge on any atom is -0.495 e. The van der Waals surface area contributed by atoms with Crippen molar-refractivity contribution in [1.29, 1.82) is 0 Å². The lowest BCUT2D eigenvalue weighted by molar-refractivity contribution is 0.159. The molecule has 0 saturated carbocycles. The van der Waals surface area contributed by atoms with Gasteiger partial charge in [0, 0.05) is 10.6 Å². The number of aliphatic hydroxyl groups is 1. The van der Waals surface area contributed by atoms with E-state index in [2.05, 4.69) is 22.9 Å². The molecule has 0 aliphatic carbocycles. The van der Waals surface area contributed by atoms with Crippen LogP contribution in [-0.4, -0.2) is 12.2 Å². The molecule has 0 fully saturated rings. The van der Waals surface area contributed by atoms with Gasteiger partial charge in [-0.3, -0.25) is 0 Å². The average molecular weight is 378 g/mol. The van der Waals surface area contributed by atoms with E-state index >= 15 is 0 Å². The molecule has 0 radical (unpaired) electrons. The Hall–Kier alpha value is -0.250. The number of halogens is 2. The molecule has 21 heavy (non-hydrogen) atoms. The van der Waals surface area contributed by atoms with Crippen molar-refractivity contribution in [3.8, 4) is 5.75 Å². The van der Waals surface area contributed by atoms with Gasteiger partial charge in [-0.05, 0) is 34.5 Å². The Bertz CT molecular complexity index is 423. The topological polar surface area (TPSA) is 29.5 Å². The standard InChI is InChI=1S/C17H26BrClO2/c1-3-4-5-6-7-8-9-10-16(20)14-11-13(19)12-15(18)17(14)21-2/h11-12,16,20H,3-10H2,1-2H3. The van der Waals surface area contributed by atoms with Crippen LogP contribution in [0.4, 0.5) is 0 Å². The summed E-state index contributed by atoms with van der Waals surface area (Å²) in [7, 11) is 1.61. The highest BCUT2D eigenvalue weighted by Crippen LogP contribution is 2.37. The summed E-state index contributed by atoms with van der Waals surface area (Å²) < 4.78 is 6.14. The van der Waals surface area contributed by atoms with Gasteiger partial charge < -0.3 is 9.84 Å². The fourth-order valence-electron chi connectivity index (χ4n) is 2.49. The summed E-state index contributed by atoms with van der Waals surface area (Å²) >= 11 is 9.48. The molecule has 0 spiro atoms. The maximum atomic E-state index is 10.4. The average Bonchev–Trinajstić information content (AvgIpc) is 2.45. The highest BCUT2D eigenvalue weighted by molar-refractivity contribution is 9.10. The molecule has 0 amide bonds. The summed E-state index contributed by atoms with van der Waals surface area (Å²) in [4.78, 5) is 0. The van der Waals surface area contributed by atoms with Crippen molar-refractivity contribution in [2.24, 2.45) is 0 Å². The maximum absolute atomic E-state index is 10.4. The summed E-state index contributed by atoms with van der Waals surface area (Å²) in [6.07, 6.45) is 8.92. The fraction of sp³-hybridized carbons (Fsp3) is 0.647. The van der Waals surface area contributed by atoms with E-state index in [1.807, 2.05) is 0 Å². The van der Waals surface area contributed by atoms with Gasteiger partial charge in [0.2, 0.25) is 0 Å². The van der Waals surface area contributed by atoms with Crippen LogP contribution in [0.1, 0.15) is 70.0 Å². The largest absolute Gasteiger partial charge is 0.495 e. The highest BCUT2D eigenvalue weighted by Gasteiger charge is 2.16. The monoisotopic (exact) mass is 376 g/mol. The number of aliphatic hydroxyl groups excluding tert-OH is 1. The van der Waals surface area contributed by atoms with Gasteiger partial charge in [0.15, 0.2) is 0 Å². The van der Waals surface area contributed by atoms with Crippen LogP contribution in [-0.2, 0) is 0 Å². The van der Waals surface area contributed by atoms with Crippen LogP contribution in [0, 0.1) is 0 Å². The van der Waals surface area contributed by atoms with E-state index in [0.29, 0.717) is 10.8 Å². The van der Waals surface area contributed by atoms with E-state index in [1.54, 1.807) is 19.2 Å². The second kappa shape index (κ2) is 10.5. The van der Waals surface area contributed by atoms with E-state index in [-0.39, 0.29) is 0 Å². The van der Waals surface area contributed by atoms with Crippen molar-refractivity contribution in [2.75, 3.05) is 7.11 Å². The molecule has 2 nitrogen and oxygen atoms in total. The van der Waals surface area contributed by atoms with Gasteiger partial charge in [0.05, 0.1) is 17.7 Å². The molecule has 1 atom stereocenters. The van der Waals surface area contributed by atoms with E-state index in [9.17, 15) is 5.11 Å². The minimum absolute atomic E-state index is 0.523. The van der Waals surface area contributed by atoms with Gasteiger partial charge in [-0.15, -0.1) is 0 Å². The molecular weight excluding hydrogens is 352 g/mol. The van der Waals surface area contributed by atoms with Crippen LogP contribution < -0.4 is 4.74 Å². The Labute approximate surface area is 142 Å². The zero-order valence-corrected chi connectivity index (χ0v) is 15.3. The molecule has 1 unspecified atom stereocenters. The number of hydrogen-bond acceptors (Lipinski definition) is 2. The van der Waals surface area contributed by atoms with Crippen LogP contribution in [0.2, 0.25) is 5.02 Å². The molecule has 1 aromatic carbocycles.